The van der Waals surface area contributed by atoms with Crippen LogP contribution in [0.15, 0.2) is 48.5 Å². The van der Waals surface area contributed by atoms with Crippen molar-refractivity contribution in [3.05, 3.63) is 64.7 Å². The smallest absolute Gasteiger partial charge is 0.276 e. The van der Waals surface area contributed by atoms with Gasteiger partial charge in [-0.15, -0.1) is 0 Å². The molecule has 0 aliphatic rings. The molecule has 0 unspecified atom stereocenters. The minimum atomic E-state index is -0.483. The van der Waals surface area contributed by atoms with Crippen molar-refractivity contribution in [1.29, 1.82) is 0 Å². The quantitative estimate of drug-likeness (QED) is 0.773. The van der Waals surface area contributed by atoms with Crippen molar-refractivity contribution in [2.45, 2.75) is 5.75 Å². The molecule has 0 bridgehead atoms. The molecule has 2 aromatic carbocycles. The minimum Gasteiger partial charge on any atom is -0.482 e. The topological polar surface area (TPSA) is 67.4 Å². The van der Waals surface area contributed by atoms with E-state index in [9.17, 15) is 9.59 Å². The Kier molecular flexibility index (Phi) is 6.96. The summed E-state index contributed by atoms with van der Waals surface area (Å²) in [4.78, 5) is 23.8. The minimum absolute atomic E-state index is 0.253. The number of para-hydroxylation sites is 1. The van der Waals surface area contributed by atoms with E-state index in [4.69, 9.17) is 16.3 Å². The highest BCUT2D eigenvalue weighted by molar-refractivity contribution is 7.97. The molecule has 0 atom stereocenters. The Morgan fingerprint density at radius 1 is 1.12 bits per heavy atom. The number of amides is 2. The van der Waals surface area contributed by atoms with Crippen LogP contribution >= 0.6 is 23.4 Å². The highest BCUT2D eigenvalue weighted by Gasteiger charge is 2.09. The van der Waals surface area contributed by atoms with Gasteiger partial charge in [0.1, 0.15) is 5.75 Å². The van der Waals surface area contributed by atoms with Gasteiger partial charge >= 0.3 is 0 Å². The average Bonchev–Trinajstić information content (AvgIpc) is 2.59. The number of halogens is 1. The SMILES string of the molecule is CSCc1cccc(C(=O)NNC(=O)COc2ccccc2Cl)c1. The fraction of sp³-hybridized carbons (Fsp3) is 0.176. The van der Waals surface area contributed by atoms with Crippen LogP contribution in [0.3, 0.4) is 0 Å². The number of carbonyl (C=O) groups is 2. The number of carbonyl (C=O) groups excluding carboxylic acids is 2. The zero-order valence-electron chi connectivity index (χ0n) is 13.0. The first kappa shape index (κ1) is 18.2. The molecule has 2 amide bonds. The summed E-state index contributed by atoms with van der Waals surface area (Å²) in [5.41, 5.74) is 6.20. The third-order valence-corrected chi connectivity index (χ3v) is 3.95. The maximum absolute atomic E-state index is 12.0. The van der Waals surface area contributed by atoms with E-state index in [0.29, 0.717) is 16.3 Å². The summed E-state index contributed by atoms with van der Waals surface area (Å²) in [5.74, 6) is 0.358. The maximum atomic E-state index is 12.0. The molecule has 0 spiro atoms. The first-order valence-corrected chi connectivity index (χ1v) is 8.91. The van der Waals surface area contributed by atoms with Gasteiger partial charge in [0.25, 0.3) is 11.8 Å². The second-order valence-electron chi connectivity index (χ2n) is 4.85. The number of thioether (sulfide) groups is 1. The molecule has 126 valence electrons. The van der Waals surface area contributed by atoms with Gasteiger partial charge in [-0.3, -0.25) is 20.4 Å². The number of rotatable bonds is 6. The van der Waals surface area contributed by atoms with Gasteiger partial charge in [-0.1, -0.05) is 35.9 Å². The standard InChI is InChI=1S/C17H17ClN2O3S/c1-24-11-12-5-4-6-13(9-12)17(22)20-19-16(21)10-23-15-8-3-2-7-14(15)18/h2-9H,10-11H2,1H3,(H,19,21)(H,20,22). The third kappa shape index (κ3) is 5.47. The fourth-order valence-corrected chi connectivity index (χ4v) is 2.61. The van der Waals surface area contributed by atoms with E-state index in [2.05, 4.69) is 10.9 Å². The van der Waals surface area contributed by atoms with Crippen molar-refractivity contribution in [1.82, 2.24) is 10.9 Å². The average molecular weight is 365 g/mol. The fourth-order valence-electron chi connectivity index (χ4n) is 1.91. The maximum Gasteiger partial charge on any atom is 0.276 e. The van der Waals surface area contributed by atoms with Crippen LogP contribution in [0.2, 0.25) is 5.02 Å². The van der Waals surface area contributed by atoms with Crippen molar-refractivity contribution >= 4 is 35.2 Å². The van der Waals surface area contributed by atoms with Crippen LogP contribution in [0.25, 0.3) is 0 Å². The van der Waals surface area contributed by atoms with Gasteiger partial charge in [-0.2, -0.15) is 11.8 Å². The summed E-state index contributed by atoms with van der Waals surface area (Å²) >= 11 is 7.60. The molecule has 0 radical (unpaired) electrons. The first-order valence-electron chi connectivity index (χ1n) is 7.14. The van der Waals surface area contributed by atoms with Crippen LogP contribution in [0.1, 0.15) is 15.9 Å². The van der Waals surface area contributed by atoms with Gasteiger partial charge in [-0.25, -0.2) is 0 Å². The van der Waals surface area contributed by atoms with Gasteiger partial charge in [0.2, 0.25) is 0 Å². The molecular weight excluding hydrogens is 348 g/mol. The van der Waals surface area contributed by atoms with Crippen molar-refractivity contribution in [2.75, 3.05) is 12.9 Å². The molecule has 0 saturated carbocycles. The normalized spacial score (nSPS) is 10.1. The molecule has 0 saturated heterocycles. The van der Waals surface area contributed by atoms with Crippen LogP contribution in [0, 0.1) is 0 Å². The number of hydrogen-bond acceptors (Lipinski definition) is 4. The van der Waals surface area contributed by atoms with Crippen LogP contribution in [-0.2, 0) is 10.5 Å². The summed E-state index contributed by atoms with van der Waals surface area (Å²) < 4.78 is 5.29. The molecular formula is C17H17ClN2O3S. The Labute approximate surface area is 149 Å². The van der Waals surface area contributed by atoms with E-state index < -0.39 is 5.91 Å². The number of nitrogens with one attached hydrogen (secondary N) is 2. The van der Waals surface area contributed by atoms with Crippen LogP contribution in [0.5, 0.6) is 5.75 Å². The Morgan fingerprint density at radius 2 is 1.92 bits per heavy atom. The van der Waals surface area contributed by atoms with E-state index >= 15 is 0 Å². The molecule has 2 rings (SSSR count). The molecule has 0 aliphatic carbocycles. The zero-order valence-corrected chi connectivity index (χ0v) is 14.6. The highest BCUT2D eigenvalue weighted by Crippen LogP contribution is 2.22. The predicted molar refractivity (Wildman–Crippen MR) is 96.2 cm³/mol. The van der Waals surface area contributed by atoms with E-state index in [1.54, 1.807) is 48.2 Å². The van der Waals surface area contributed by atoms with E-state index in [-0.39, 0.29) is 12.5 Å². The second-order valence-corrected chi connectivity index (χ2v) is 6.13. The predicted octanol–water partition coefficient (Wildman–Crippen LogP) is 3.04. The summed E-state index contributed by atoms with van der Waals surface area (Å²) in [6.45, 7) is -0.253. The molecule has 2 N–H and O–H groups in total. The lowest BCUT2D eigenvalue weighted by atomic mass is 10.1. The lowest BCUT2D eigenvalue weighted by Gasteiger charge is -2.10. The number of benzene rings is 2. The van der Waals surface area contributed by atoms with Crippen molar-refractivity contribution in [3.8, 4) is 5.75 Å². The molecule has 7 heteroatoms. The van der Waals surface area contributed by atoms with E-state index in [1.807, 2.05) is 18.4 Å². The summed E-state index contributed by atoms with van der Waals surface area (Å²) in [5, 5.41) is 0.417. The Morgan fingerprint density at radius 3 is 2.67 bits per heavy atom. The molecule has 2 aromatic rings. The largest absolute Gasteiger partial charge is 0.482 e. The summed E-state index contributed by atoms with van der Waals surface area (Å²) in [6.07, 6.45) is 1.99. The van der Waals surface area contributed by atoms with Gasteiger partial charge in [0.05, 0.1) is 5.02 Å². The molecule has 24 heavy (non-hydrogen) atoms. The number of hydrogen-bond donors (Lipinski definition) is 2. The van der Waals surface area contributed by atoms with Gasteiger partial charge in [-0.05, 0) is 36.1 Å². The zero-order chi connectivity index (χ0) is 17.4. The molecule has 0 heterocycles. The Hall–Kier alpha value is -2.18. The van der Waals surface area contributed by atoms with Gasteiger partial charge in [0, 0.05) is 11.3 Å². The van der Waals surface area contributed by atoms with E-state index in [0.717, 1.165) is 11.3 Å². The van der Waals surface area contributed by atoms with Crippen LogP contribution in [-0.4, -0.2) is 24.7 Å². The summed E-state index contributed by atoms with van der Waals surface area (Å²) in [7, 11) is 0. The molecule has 5 nitrogen and oxygen atoms in total. The lowest BCUT2D eigenvalue weighted by molar-refractivity contribution is -0.123. The first-order chi connectivity index (χ1) is 11.6. The van der Waals surface area contributed by atoms with Gasteiger partial charge < -0.3 is 4.74 Å². The second kappa shape index (κ2) is 9.20. The van der Waals surface area contributed by atoms with Crippen molar-refractivity contribution in [2.24, 2.45) is 0 Å². The Balaban J connectivity index is 1.82. The van der Waals surface area contributed by atoms with Gasteiger partial charge in [0.15, 0.2) is 6.61 Å². The van der Waals surface area contributed by atoms with Crippen molar-refractivity contribution in [3.63, 3.8) is 0 Å². The third-order valence-electron chi connectivity index (χ3n) is 3.01. The highest BCUT2D eigenvalue weighted by atomic mass is 35.5. The summed E-state index contributed by atoms with van der Waals surface area (Å²) in [6, 6.07) is 14.1. The number of hydrazine groups is 1. The molecule has 0 aromatic heterocycles. The van der Waals surface area contributed by atoms with E-state index in [1.165, 1.54) is 0 Å². The van der Waals surface area contributed by atoms with Crippen LogP contribution in [0.4, 0.5) is 0 Å². The van der Waals surface area contributed by atoms with Crippen LogP contribution < -0.4 is 15.6 Å². The molecule has 0 fully saturated rings. The van der Waals surface area contributed by atoms with Crippen molar-refractivity contribution < 1.29 is 14.3 Å². The monoisotopic (exact) mass is 364 g/mol. The molecule has 0 aliphatic heterocycles. The Bertz CT molecular complexity index is 724. The lowest BCUT2D eigenvalue weighted by Crippen LogP contribution is -2.43. The number of ether oxygens (including phenoxy) is 1.